The molecule has 3 N–H and O–H groups in total. The topological polar surface area (TPSA) is 62.4 Å². The van der Waals surface area contributed by atoms with E-state index < -0.39 is 0 Å². The molecule has 0 saturated heterocycles. The standard InChI is InChI=1S/C17H17N3O/c1-12(13-7-3-2-4-8-13)18-11-16-19-15-10-6-5-9-14(15)17(21)20-16/h2-10,12,18H,11H2,1H3,(H,19,20,21)/p+1/t12-/m0/s1. The van der Waals surface area contributed by atoms with E-state index in [2.05, 4.69) is 34.3 Å². The van der Waals surface area contributed by atoms with Crippen LogP contribution in [0, 0.1) is 0 Å². The summed E-state index contributed by atoms with van der Waals surface area (Å²) in [5.41, 5.74) is 1.94. The Morgan fingerprint density at radius 1 is 1.10 bits per heavy atom. The zero-order chi connectivity index (χ0) is 14.7. The van der Waals surface area contributed by atoms with Crippen LogP contribution in [0.2, 0.25) is 0 Å². The van der Waals surface area contributed by atoms with Crippen LogP contribution in [0.5, 0.6) is 0 Å². The third kappa shape index (κ3) is 3.01. The lowest BCUT2D eigenvalue weighted by Crippen LogP contribution is -2.83. The largest absolute Gasteiger partial charge is 0.334 e. The zero-order valence-electron chi connectivity index (χ0n) is 11.9. The molecule has 0 aliphatic heterocycles. The summed E-state index contributed by atoms with van der Waals surface area (Å²) in [5, 5.41) is 2.81. The van der Waals surface area contributed by atoms with Gasteiger partial charge < -0.3 is 10.3 Å². The highest BCUT2D eigenvalue weighted by Gasteiger charge is 2.10. The van der Waals surface area contributed by atoms with E-state index in [1.54, 1.807) is 6.07 Å². The second-order valence-electron chi connectivity index (χ2n) is 5.17. The highest BCUT2D eigenvalue weighted by Crippen LogP contribution is 2.07. The van der Waals surface area contributed by atoms with Crippen LogP contribution in [0.4, 0.5) is 0 Å². The lowest BCUT2D eigenvalue weighted by Gasteiger charge is -2.10. The summed E-state index contributed by atoms with van der Waals surface area (Å²) in [6.07, 6.45) is 0. The van der Waals surface area contributed by atoms with Crippen LogP contribution >= 0.6 is 0 Å². The number of nitrogens with two attached hydrogens (primary N) is 1. The molecular formula is C17H18N3O+. The molecule has 0 aliphatic rings. The number of rotatable bonds is 4. The fraction of sp³-hybridized carbons (Fsp3) is 0.176. The van der Waals surface area contributed by atoms with Gasteiger partial charge in [-0.3, -0.25) is 4.79 Å². The van der Waals surface area contributed by atoms with Gasteiger partial charge in [0.05, 0.1) is 10.9 Å². The van der Waals surface area contributed by atoms with Crippen molar-refractivity contribution >= 4 is 10.9 Å². The predicted molar refractivity (Wildman–Crippen MR) is 82.9 cm³/mol. The molecule has 3 rings (SSSR count). The van der Waals surface area contributed by atoms with Crippen molar-refractivity contribution < 1.29 is 5.32 Å². The van der Waals surface area contributed by atoms with Gasteiger partial charge in [0, 0.05) is 5.56 Å². The summed E-state index contributed by atoms with van der Waals surface area (Å²) in [7, 11) is 0. The Hall–Kier alpha value is -2.46. The molecule has 0 amide bonds. The smallest absolute Gasteiger partial charge is 0.258 e. The Morgan fingerprint density at radius 3 is 2.62 bits per heavy atom. The van der Waals surface area contributed by atoms with E-state index in [1.807, 2.05) is 36.4 Å². The fourth-order valence-corrected chi connectivity index (χ4v) is 2.41. The van der Waals surface area contributed by atoms with Crippen LogP contribution < -0.4 is 10.9 Å². The van der Waals surface area contributed by atoms with E-state index >= 15 is 0 Å². The lowest BCUT2D eigenvalue weighted by atomic mass is 10.1. The summed E-state index contributed by atoms with van der Waals surface area (Å²) in [4.78, 5) is 19.4. The molecular weight excluding hydrogens is 262 g/mol. The third-order valence-electron chi connectivity index (χ3n) is 3.65. The zero-order valence-corrected chi connectivity index (χ0v) is 11.9. The third-order valence-corrected chi connectivity index (χ3v) is 3.65. The van der Waals surface area contributed by atoms with Gasteiger partial charge >= 0.3 is 0 Å². The molecule has 1 aromatic heterocycles. The molecule has 4 nitrogen and oxygen atoms in total. The number of benzene rings is 2. The molecule has 1 atom stereocenters. The molecule has 0 saturated carbocycles. The lowest BCUT2D eigenvalue weighted by molar-refractivity contribution is -0.708. The number of H-pyrrole nitrogens is 1. The normalized spacial score (nSPS) is 12.4. The molecule has 3 aromatic rings. The Balaban J connectivity index is 1.78. The average molecular weight is 280 g/mol. The first-order valence-electron chi connectivity index (χ1n) is 7.10. The van der Waals surface area contributed by atoms with Gasteiger partial charge in [-0.1, -0.05) is 42.5 Å². The summed E-state index contributed by atoms with van der Waals surface area (Å²) in [6, 6.07) is 18.0. The van der Waals surface area contributed by atoms with Gasteiger partial charge in [-0.25, -0.2) is 4.98 Å². The monoisotopic (exact) mass is 280 g/mol. The number of nitrogens with one attached hydrogen (secondary N) is 1. The molecule has 0 spiro atoms. The maximum absolute atomic E-state index is 12.0. The van der Waals surface area contributed by atoms with E-state index in [4.69, 9.17) is 0 Å². The van der Waals surface area contributed by atoms with Crippen molar-refractivity contribution in [2.24, 2.45) is 0 Å². The van der Waals surface area contributed by atoms with Gasteiger partial charge in [-0.15, -0.1) is 0 Å². The fourth-order valence-electron chi connectivity index (χ4n) is 2.41. The van der Waals surface area contributed by atoms with Crippen LogP contribution in [0.25, 0.3) is 10.9 Å². The number of hydrogen-bond donors (Lipinski definition) is 2. The number of aromatic amines is 1. The first kappa shape index (κ1) is 13.5. The molecule has 0 radical (unpaired) electrons. The van der Waals surface area contributed by atoms with E-state index in [1.165, 1.54) is 5.56 Å². The van der Waals surface area contributed by atoms with Crippen LogP contribution in [-0.4, -0.2) is 9.97 Å². The molecule has 1 heterocycles. The summed E-state index contributed by atoms with van der Waals surface area (Å²) >= 11 is 0. The van der Waals surface area contributed by atoms with Gasteiger partial charge in [-0.2, -0.15) is 0 Å². The van der Waals surface area contributed by atoms with Crippen LogP contribution in [0.15, 0.2) is 59.4 Å². The Kier molecular flexibility index (Phi) is 3.79. The van der Waals surface area contributed by atoms with Crippen molar-refractivity contribution in [1.29, 1.82) is 0 Å². The molecule has 0 bridgehead atoms. The summed E-state index contributed by atoms with van der Waals surface area (Å²) in [6.45, 7) is 2.80. The van der Waals surface area contributed by atoms with Crippen LogP contribution in [0.3, 0.4) is 0 Å². The van der Waals surface area contributed by atoms with E-state index in [0.717, 1.165) is 5.52 Å². The number of hydrogen-bond acceptors (Lipinski definition) is 2. The molecule has 2 aromatic carbocycles. The van der Waals surface area contributed by atoms with Crippen molar-refractivity contribution in [2.75, 3.05) is 0 Å². The first-order chi connectivity index (χ1) is 10.2. The van der Waals surface area contributed by atoms with E-state index in [0.29, 0.717) is 23.8 Å². The van der Waals surface area contributed by atoms with Gasteiger partial charge in [0.1, 0.15) is 12.6 Å². The second-order valence-corrected chi connectivity index (χ2v) is 5.17. The van der Waals surface area contributed by atoms with Gasteiger partial charge in [-0.05, 0) is 19.1 Å². The number of aromatic nitrogens is 2. The van der Waals surface area contributed by atoms with Gasteiger partial charge in [0.15, 0.2) is 5.82 Å². The van der Waals surface area contributed by atoms with Crippen LogP contribution in [0.1, 0.15) is 24.4 Å². The maximum atomic E-state index is 12.0. The molecule has 21 heavy (non-hydrogen) atoms. The average Bonchev–Trinajstić information content (AvgIpc) is 2.53. The molecule has 106 valence electrons. The highest BCUT2D eigenvalue weighted by molar-refractivity contribution is 5.77. The van der Waals surface area contributed by atoms with Gasteiger partial charge in [0.2, 0.25) is 0 Å². The molecule has 0 unspecified atom stereocenters. The van der Waals surface area contributed by atoms with Crippen molar-refractivity contribution in [1.82, 2.24) is 9.97 Å². The number of para-hydroxylation sites is 1. The molecule has 0 fully saturated rings. The van der Waals surface area contributed by atoms with E-state index in [9.17, 15) is 4.79 Å². The minimum Gasteiger partial charge on any atom is -0.334 e. The van der Waals surface area contributed by atoms with E-state index in [-0.39, 0.29) is 5.56 Å². The maximum Gasteiger partial charge on any atom is 0.258 e. The summed E-state index contributed by atoms with van der Waals surface area (Å²) < 4.78 is 0. The Labute approximate surface area is 122 Å². The van der Waals surface area contributed by atoms with Crippen molar-refractivity contribution in [3.05, 3.63) is 76.3 Å². The SMILES string of the molecule is C[C@H]([NH2+]Cc1nc2ccccc2c(=O)[nH]1)c1ccccc1. The van der Waals surface area contributed by atoms with Crippen molar-refractivity contribution in [2.45, 2.75) is 19.5 Å². The Bertz CT molecular complexity index is 796. The highest BCUT2D eigenvalue weighted by atomic mass is 16.1. The molecule has 0 aliphatic carbocycles. The van der Waals surface area contributed by atoms with Crippen molar-refractivity contribution in [3.8, 4) is 0 Å². The number of quaternary nitrogens is 1. The summed E-state index contributed by atoms with van der Waals surface area (Å²) in [5.74, 6) is 0.710. The van der Waals surface area contributed by atoms with Crippen LogP contribution in [-0.2, 0) is 6.54 Å². The minimum absolute atomic E-state index is 0.0728. The van der Waals surface area contributed by atoms with Gasteiger partial charge in [0.25, 0.3) is 5.56 Å². The second kappa shape index (κ2) is 5.89. The minimum atomic E-state index is -0.0728. The quantitative estimate of drug-likeness (QED) is 0.765. The molecule has 4 heteroatoms. The Morgan fingerprint density at radius 2 is 1.81 bits per heavy atom. The number of fused-ring (bicyclic) bond motifs is 1. The van der Waals surface area contributed by atoms with Crippen molar-refractivity contribution in [3.63, 3.8) is 0 Å². The number of nitrogens with zero attached hydrogens (tertiary/aromatic N) is 1. The predicted octanol–water partition coefficient (Wildman–Crippen LogP) is 1.75. The first-order valence-corrected chi connectivity index (χ1v) is 7.10.